The fraction of sp³-hybridized carbons (Fsp3) is 0.176. The van der Waals surface area contributed by atoms with Crippen molar-refractivity contribution in [3.05, 3.63) is 64.3 Å². The lowest BCUT2D eigenvalue weighted by atomic mass is 10.1. The molecule has 0 spiro atoms. The molecule has 118 valence electrons. The van der Waals surface area contributed by atoms with E-state index in [0.29, 0.717) is 5.95 Å². The SMILES string of the molecule is CC(Cc1c(F)cccc1F)Nc1ncc2c(Br)cccc2n1. The Morgan fingerprint density at radius 3 is 2.57 bits per heavy atom. The molecule has 0 radical (unpaired) electrons. The predicted molar refractivity (Wildman–Crippen MR) is 90.4 cm³/mol. The van der Waals surface area contributed by atoms with Gasteiger partial charge in [-0.15, -0.1) is 0 Å². The Hall–Kier alpha value is -2.08. The molecule has 0 aliphatic carbocycles. The van der Waals surface area contributed by atoms with E-state index in [1.807, 2.05) is 25.1 Å². The number of nitrogens with one attached hydrogen (secondary N) is 1. The van der Waals surface area contributed by atoms with E-state index < -0.39 is 11.6 Å². The molecule has 1 heterocycles. The number of hydrogen-bond acceptors (Lipinski definition) is 3. The highest BCUT2D eigenvalue weighted by Crippen LogP contribution is 2.22. The molecule has 3 rings (SSSR count). The van der Waals surface area contributed by atoms with Crippen LogP contribution in [0.3, 0.4) is 0 Å². The maximum absolute atomic E-state index is 13.7. The van der Waals surface area contributed by atoms with Crippen LogP contribution in [0.2, 0.25) is 0 Å². The average molecular weight is 378 g/mol. The topological polar surface area (TPSA) is 37.8 Å². The highest BCUT2D eigenvalue weighted by molar-refractivity contribution is 9.10. The van der Waals surface area contributed by atoms with Crippen LogP contribution in [0.1, 0.15) is 12.5 Å². The molecule has 3 nitrogen and oxygen atoms in total. The monoisotopic (exact) mass is 377 g/mol. The van der Waals surface area contributed by atoms with Crippen LogP contribution in [0.25, 0.3) is 10.9 Å². The summed E-state index contributed by atoms with van der Waals surface area (Å²) in [6, 6.07) is 9.35. The van der Waals surface area contributed by atoms with Crippen LogP contribution in [-0.2, 0) is 6.42 Å². The molecule has 0 amide bonds. The van der Waals surface area contributed by atoms with Gasteiger partial charge in [-0.25, -0.2) is 18.7 Å². The van der Waals surface area contributed by atoms with Gasteiger partial charge in [0.2, 0.25) is 5.95 Å². The highest BCUT2D eigenvalue weighted by atomic mass is 79.9. The van der Waals surface area contributed by atoms with E-state index >= 15 is 0 Å². The fourth-order valence-corrected chi connectivity index (χ4v) is 2.85. The fourth-order valence-electron chi connectivity index (χ4n) is 2.39. The first-order valence-electron chi connectivity index (χ1n) is 7.15. The summed E-state index contributed by atoms with van der Waals surface area (Å²) in [6.45, 7) is 1.83. The van der Waals surface area contributed by atoms with Crippen LogP contribution in [0.5, 0.6) is 0 Å². The van der Waals surface area contributed by atoms with Gasteiger partial charge in [0, 0.05) is 27.7 Å². The van der Waals surface area contributed by atoms with E-state index in [4.69, 9.17) is 0 Å². The lowest BCUT2D eigenvalue weighted by molar-refractivity contribution is 0.546. The van der Waals surface area contributed by atoms with E-state index in [2.05, 4.69) is 31.2 Å². The molecular formula is C17H14BrF2N3. The Morgan fingerprint density at radius 2 is 1.83 bits per heavy atom. The van der Waals surface area contributed by atoms with Crippen molar-refractivity contribution in [1.29, 1.82) is 0 Å². The van der Waals surface area contributed by atoms with Crippen molar-refractivity contribution in [2.45, 2.75) is 19.4 Å². The Bertz CT molecular complexity index is 834. The summed E-state index contributed by atoms with van der Waals surface area (Å²) in [5.41, 5.74) is 0.859. The standard InChI is InChI=1S/C17H14BrF2N3/c1-10(8-11-14(19)5-3-6-15(11)20)22-17-21-9-12-13(18)4-2-7-16(12)23-17/h2-7,9-10H,8H2,1H3,(H,21,22,23). The molecule has 2 aromatic carbocycles. The maximum atomic E-state index is 13.7. The summed E-state index contributed by atoms with van der Waals surface area (Å²) in [6.07, 6.45) is 1.92. The molecule has 1 aromatic heterocycles. The third-order valence-electron chi connectivity index (χ3n) is 3.52. The minimum absolute atomic E-state index is 0.0658. The van der Waals surface area contributed by atoms with Gasteiger partial charge < -0.3 is 5.32 Å². The first kappa shape index (κ1) is 15.8. The van der Waals surface area contributed by atoms with Gasteiger partial charge in [-0.1, -0.05) is 28.1 Å². The Balaban J connectivity index is 1.79. The van der Waals surface area contributed by atoms with Crippen LogP contribution in [-0.4, -0.2) is 16.0 Å². The van der Waals surface area contributed by atoms with E-state index in [9.17, 15) is 8.78 Å². The molecule has 0 saturated heterocycles. The molecule has 0 bridgehead atoms. The van der Waals surface area contributed by atoms with Crippen LogP contribution >= 0.6 is 15.9 Å². The van der Waals surface area contributed by atoms with Crippen LogP contribution < -0.4 is 5.32 Å². The van der Waals surface area contributed by atoms with Gasteiger partial charge in [0.05, 0.1) is 5.52 Å². The van der Waals surface area contributed by atoms with Gasteiger partial charge in [-0.3, -0.25) is 0 Å². The molecule has 23 heavy (non-hydrogen) atoms. The number of anilines is 1. The third-order valence-corrected chi connectivity index (χ3v) is 4.21. The molecule has 1 atom stereocenters. The van der Waals surface area contributed by atoms with Crippen molar-refractivity contribution in [3.63, 3.8) is 0 Å². The zero-order valence-electron chi connectivity index (χ0n) is 12.4. The highest BCUT2D eigenvalue weighted by Gasteiger charge is 2.13. The van der Waals surface area contributed by atoms with Gasteiger partial charge in [0.15, 0.2) is 0 Å². The number of hydrogen-bond donors (Lipinski definition) is 1. The summed E-state index contributed by atoms with van der Waals surface area (Å²) < 4.78 is 28.3. The number of fused-ring (bicyclic) bond motifs is 1. The number of benzene rings is 2. The van der Waals surface area contributed by atoms with Crippen molar-refractivity contribution < 1.29 is 8.78 Å². The largest absolute Gasteiger partial charge is 0.351 e. The first-order chi connectivity index (χ1) is 11.0. The zero-order valence-corrected chi connectivity index (χ0v) is 13.9. The number of nitrogens with zero attached hydrogens (tertiary/aromatic N) is 2. The normalized spacial score (nSPS) is 12.3. The van der Waals surface area contributed by atoms with Crippen LogP contribution in [0.4, 0.5) is 14.7 Å². The van der Waals surface area contributed by atoms with E-state index in [1.54, 1.807) is 6.20 Å². The van der Waals surface area contributed by atoms with E-state index in [0.717, 1.165) is 15.4 Å². The molecular weight excluding hydrogens is 364 g/mol. The zero-order chi connectivity index (χ0) is 16.4. The van der Waals surface area contributed by atoms with Crippen molar-refractivity contribution in [1.82, 2.24) is 9.97 Å². The number of rotatable bonds is 4. The second-order valence-corrected chi connectivity index (χ2v) is 6.17. The molecule has 0 saturated carbocycles. The Labute approximate surface area is 140 Å². The van der Waals surface area contributed by atoms with Crippen molar-refractivity contribution in [3.8, 4) is 0 Å². The van der Waals surface area contributed by atoms with Crippen molar-refractivity contribution >= 4 is 32.8 Å². The second kappa shape index (κ2) is 6.58. The van der Waals surface area contributed by atoms with Crippen molar-refractivity contribution in [2.24, 2.45) is 0 Å². The molecule has 0 aliphatic heterocycles. The van der Waals surface area contributed by atoms with Gasteiger partial charge in [0.1, 0.15) is 11.6 Å². The van der Waals surface area contributed by atoms with Gasteiger partial charge in [-0.05, 0) is 37.6 Å². The van der Waals surface area contributed by atoms with Gasteiger partial charge in [-0.2, -0.15) is 0 Å². The second-order valence-electron chi connectivity index (χ2n) is 5.32. The van der Waals surface area contributed by atoms with Crippen molar-refractivity contribution in [2.75, 3.05) is 5.32 Å². The lowest BCUT2D eigenvalue weighted by Gasteiger charge is -2.15. The van der Waals surface area contributed by atoms with Gasteiger partial charge in [0.25, 0.3) is 0 Å². The Kier molecular flexibility index (Phi) is 4.52. The quantitative estimate of drug-likeness (QED) is 0.714. The molecule has 1 unspecified atom stereocenters. The minimum atomic E-state index is -0.540. The third kappa shape index (κ3) is 3.47. The summed E-state index contributed by atoms with van der Waals surface area (Å²) in [5, 5.41) is 3.99. The molecule has 0 aliphatic rings. The van der Waals surface area contributed by atoms with E-state index in [-0.39, 0.29) is 18.0 Å². The first-order valence-corrected chi connectivity index (χ1v) is 7.94. The summed E-state index contributed by atoms with van der Waals surface area (Å²) in [7, 11) is 0. The molecule has 3 aromatic rings. The van der Waals surface area contributed by atoms with Crippen LogP contribution in [0, 0.1) is 11.6 Å². The summed E-state index contributed by atoms with van der Waals surface area (Å²) in [5.74, 6) is -0.649. The molecule has 1 N–H and O–H groups in total. The summed E-state index contributed by atoms with van der Waals surface area (Å²) in [4.78, 5) is 8.68. The Morgan fingerprint density at radius 1 is 1.13 bits per heavy atom. The summed E-state index contributed by atoms with van der Waals surface area (Å²) >= 11 is 3.45. The van der Waals surface area contributed by atoms with E-state index in [1.165, 1.54) is 18.2 Å². The van der Waals surface area contributed by atoms with Gasteiger partial charge >= 0.3 is 0 Å². The molecule has 6 heteroatoms. The van der Waals surface area contributed by atoms with Crippen LogP contribution in [0.15, 0.2) is 47.1 Å². The molecule has 0 fully saturated rings. The smallest absolute Gasteiger partial charge is 0.223 e. The average Bonchev–Trinajstić information content (AvgIpc) is 2.51. The lowest BCUT2D eigenvalue weighted by Crippen LogP contribution is -2.21. The number of aromatic nitrogens is 2. The maximum Gasteiger partial charge on any atom is 0.223 e. The minimum Gasteiger partial charge on any atom is -0.351 e. The predicted octanol–water partition coefficient (Wildman–Crippen LogP) is 4.71. The number of halogens is 3.